The lowest BCUT2D eigenvalue weighted by Crippen LogP contribution is -2.61. The summed E-state index contributed by atoms with van der Waals surface area (Å²) in [5, 5.41) is 6.23. The molecule has 3 unspecified atom stereocenters. The van der Waals surface area contributed by atoms with E-state index in [4.69, 9.17) is 0 Å². The molecule has 1 aliphatic heterocycles. The van der Waals surface area contributed by atoms with E-state index >= 15 is 0 Å². The van der Waals surface area contributed by atoms with Crippen molar-refractivity contribution in [3.63, 3.8) is 0 Å². The number of urea groups is 1. The SMILES string of the molecule is CCCCCc1ccc(C(=O)NC(C(=O)N2CCN(C(=O)NC3CCCCC3)C(C)C2)C(C)CC)cc1. The second-order valence-corrected chi connectivity index (χ2v) is 11.1. The van der Waals surface area contributed by atoms with E-state index in [0.717, 1.165) is 32.1 Å². The average molecular weight is 513 g/mol. The van der Waals surface area contributed by atoms with Crippen LogP contribution in [0.1, 0.15) is 101 Å². The molecule has 1 aliphatic carbocycles. The first-order valence-electron chi connectivity index (χ1n) is 14.6. The Kier molecular flexibility index (Phi) is 11.3. The van der Waals surface area contributed by atoms with Gasteiger partial charge in [0, 0.05) is 37.3 Å². The van der Waals surface area contributed by atoms with Crippen molar-refractivity contribution >= 4 is 17.8 Å². The molecule has 1 heterocycles. The van der Waals surface area contributed by atoms with Crippen LogP contribution in [0.15, 0.2) is 24.3 Å². The maximum absolute atomic E-state index is 13.6. The third-order valence-electron chi connectivity index (χ3n) is 8.18. The van der Waals surface area contributed by atoms with Crippen LogP contribution in [0.3, 0.4) is 0 Å². The van der Waals surface area contributed by atoms with Gasteiger partial charge in [-0.3, -0.25) is 9.59 Å². The van der Waals surface area contributed by atoms with Crippen molar-refractivity contribution in [3.05, 3.63) is 35.4 Å². The predicted octanol–water partition coefficient (Wildman–Crippen LogP) is 5.14. The van der Waals surface area contributed by atoms with Crippen molar-refractivity contribution in [2.75, 3.05) is 19.6 Å². The summed E-state index contributed by atoms with van der Waals surface area (Å²) < 4.78 is 0. The highest BCUT2D eigenvalue weighted by atomic mass is 16.2. The lowest BCUT2D eigenvalue weighted by Gasteiger charge is -2.42. The molecule has 37 heavy (non-hydrogen) atoms. The van der Waals surface area contributed by atoms with E-state index in [1.807, 2.05) is 54.8 Å². The number of amides is 4. The summed E-state index contributed by atoms with van der Waals surface area (Å²) >= 11 is 0. The second kappa shape index (κ2) is 14.4. The van der Waals surface area contributed by atoms with Gasteiger partial charge in [0.25, 0.3) is 5.91 Å². The van der Waals surface area contributed by atoms with E-state index in [2.05, 4.69) is 17.6 Å². The number of nitrogens with zero attached hydrogens (tertiary/aromatic N) is 2. The molecule has 1 aromatic rings. The number of hydrogen-bond acceptors (Lipinski definition) is 3. The highest BCUT2D eigenvalue weighted by molar-refractivity contribution is 5.97. The monoisotopic (exact) mass is 512 g/mol. The Morgan fingerprint density at radius 3 is 2.32 bits per heavy atom. The molecule has 2 N–H and O–H groups in total. The van der Waals surface area contributed by atoms with Crippen LogP contribution in [-0.2, 0) is 11.2 Å². The van der Waals surface area contributed by atoms with Crippen molar-refractivity contribution < 1.29 is 14.4 Å². The van der Waals surface area contributed by atoms with E-state index in [1.54, 1.807) is 0 Å². The van der Waals surface area contributed by atoms with E-state index < -0.39 is 6.04 Å². The molecule has 1 saturated heterocycles. The van der Waals surface area contributed by atoms with Gasteiger partial charge in [-0.1, -0.05) is 71.4 Å². The number of nitrogens with one attached hydrogen (secondary N) is 2. The van der Waals surface area contributed by atoms with Crippen LogP contribution in [0, 0.1) is 5.92 Å². The Morgan fingerprint density at radius 1 is 1.00 bits per heavy atom. The van der Waals surface area contributed by atoms with E-state index in [-0.39, 0.29) is 35.8 Å². The first-order valence-corrected chi connectivity index (χ1v) is 14.6. The zero-order valence-corrected chi connectivity index (χ0v) is 23.4. The third kappa shape index (κ3) is 8.21. The van der Waals surface area contributed by atoms with Crippen molar-refractivity contribution in [3.8, 4) is 0 Å². The Bertz CT molecular complexity index is 881. The van der Waals surface area contributed by atoms with Crippen LogP contribution in [0.25, 0.3) is 0 Å². The molecule has 2 fully saturated rings. The summed E-state index contributed by atoms with van der Waals surface area (Å²) in [6, 6.07) is 7.35. The Hall–Kier alpha value is -2.57. The fourth-order valence-electron chi connectivity index (χ4n) is 5.47. The normalized spacial score (nSPS) is 20.3. The van der Waals surface area contributed by atoms with Gasteiger partial charge in [0.1, 0.15) is 6.04 Å². The molecule has 1 aromatic carbocycles. The van der Waals surface area contributed by atoms with E-state index in [1.165, 1.54) is 37.7 Å². The van der Waals surface area contributed by atoms with Crippen molar-refractivity contribution in [1.29, 1.82) is 0 Å². The number of piperazine rings is 1. The molecular weight excluding hydrogens is 464 g/mol. The van der Waals surface area contributed by atoms with Gasteiger partial charge in [0.15, 0.2) is 0 Å². The Balaban J connectivity index is 1.57. The fourth-order valence-corrected chi connectivity index (χ4v) is 5.47. The molecule has 3 atom stereocenters. The van der Waals surface area contributed by atoms with E-state index in [9.17, 15) is 14.4 Å². The zero-order chi connectivity index (χ0) is 26.8. The molecule has 0 radical (unpaired) electrons. The topological polar surface area (TPSA) is 81.8 Å². The highest BCUT2D eigenvalue weighted by Crippen LogP contribution is 2.20. The maximum atomic E-state index is 13.6. The largest absolute Gasteiger partial charge is 0.340 e. The van der Waals surface area contributed by atoms with Gasteiger partial charge in [-0.05, 0) is 56.2 Å². The van der Waals surface area contributed by atoms with Crippen LogP contribution in [0.2, 0.25) is 0 Å². The average Bonchev–Trinajstić information content (AvgIpc) is 2.91. The molecule has 1 saturated carbocycles. The molecule has 7 heteroatoms. The van der Waals surface area contributed by atoms with Crippen LogP contribution < -0.4 is 10.6 Å². The third-order valence-corrected chi connectivity index (χ3v) is 8.18. The second-order valence-electron chi connectivity index (χ2n) is 11.1. The molecule has 0 aromatic heterocycles. The summed E-state index contributed by atoms with van der Waals surface area (Å²) in [6.07, 6.45) is 11.1. The number of hydrogen-bond donors (Lipinski definition) is 2. The molecular formula is C30H48N4O3. The molecule has 7 nitrogen and oxygen atoms in total. The van der Waals surface area contributed by atoms with Gasteiger partial charge in [-0.25, -0.2) is 4.79 Å². The van der Waals surface area contributed by atoms with Crippen LogP contribution in [0.4, 0.5) is 4.79 Å². The molecule has 2 aliphatic rings. The first kappa shape index (κ1) is 29.0. The lowest BCUT2D eigenvalue weighted by molar-refractivity contribution is -0.136. The smallest absolute Gasteiger partial charge is 0.317 e. The summed E-state index contributed by atoms with van der Waals surface area (Å²) in [7, 11) is 0. The quantitative estimate of drug-likeness (QED) is 0.426. The van der Waals surface area contributed by atoms with Gasteiger partial charge in [0.2, 0.25) is 5.91 Å². The highest BCUT2D eigenvalue weighted by Gasteiger charge is 2.35. The first-order chi connectivity index (χ1) is 17.8. The number of carbonyl (C=O) groups excluding carboxylic acids is 3. The molecule has 0 spiro atoms. The Labute approximate surface area is 223 Å². The number of rotatable bonds is 10. The van der Waals surface area contributed by atoms with Gasteiger partial charge < -0.3 is 20.4 Å². The summed E-state index contributed by atoms with van der Waals surface area (Å²) in [6.45, 7) is 9.71. The summed E-state index contributed by atoms with van der Waals surface area (Å²) in [5.74, 6) is -0.261. The number of benzene rings is 1. The van der Waals surface area contributed by atoms with Crippen LogP contribution >= 0.6 is 0 Å². The Morgan fingerprint density at radius 2 is 1.70 bits per heavy atom. The van der Waals surface area contributed by atoms with Crippen molar-refractivity contribution in [1.82, 2.24) is 20.4 Å². The van der Waals surface area contributed by atoms with E-state index in [0.29, 0.717) is 25.2 Å². The fraction of sp³-hybridized carbons (Fsp3) is 0.700. The van der Waals surface area contributed by atoms with Gasteiger partial charge in [0.05, 0.1) is 0 Å². The lowest BCUT2D eigenvalue weighted by atomic mass is 9.95. The summed E-state index contributed by atoms with van der Waals surface area (Å²) in [5.41, 5.74) is 1.82. The standard InChI is InChI=1S/C30H48N4O3/c1-5-7-9-12-24-15-17-25(18-16-24)28(35)32-27(22(3)6-2)29(36)33-19-20-34(23(4)21-33)30(37)31-26-13-10-8-11-14-26/h15-18,22-23,26-27H,5-14,19-21H2,1-4H3,(H,31,37)(H,32,35). The number of carbonyl (C=O) groups is 3. The summed E-state index contributed by atoms with van der Waals surface area (Å²) in [4.78, 5) is 43.3. The molecule has 206 valence electrons. The number of unbranched alkanes of at least 4 members (excludes halogenated alkanes) is 2. The molecule has 3 rings (SSSR count). The maximum Gasteiger partial charge on any atom is 0.317 e. The minimum atomic E-state index is -0.587. The predicted molar refractivity (Wildman–Crippen MR) is 149 cm³/mol. The molecule has 0 bridgehead atoms. The van der Waals surface area contributed by atoms with Gasteiger partial charge in [-0.2, -0.15) is 0 Å². The van der Waals surface area contributed by atoms with Crippen molar-refractivity contribution in [2.24, 2.45) is 5.92 Å². The minimum Gasteiger partial charge on any atom is -0.340 e. The zero-order valence-electron chi connectivity index (χ0n) is 23.4. The molecule has 4 amide bonds. The van der Waals surface area contributed by atoms with Gasteiger partial charge in [-0.15, -0.1) is 0 Å². The van der Waals surface area contributed by atoms with Crippen LogP contribution in [0.5, 0.6) is 0 Å². The van der Waals surface area contributed by atoms with Crippen molar-refractivity contribution in [2.45, 2.75) is 110 Å². The van der Waals surface area contributed by atoms with Gasteiger partial charge >= 0.3 is 6.03 Å². The number of aryl methyl sites for hydroxylation is 1. The minimum absolute atomic E-state index is 0.00713. The van der Waals surface area contributed by atoms with Crippen LogP contribution in [-0.4, -0.2) is 65.4 Å².